The number of carbonyl (C=O) groups is 2. The van der Waals surface area contributed by atoms with Crippen LogP contribution < -0.4 is 9.47 Å². The number of hydrogen-bond acceptors (Lipinski definition) is 6. The summed E-state index contributed by atoms with van der Waals surface area (Å²) in [5.74, 6) is -0.242. The number of aromatic hydroxyl groups is 1. The number of ether oxygens (including phenoxy) is 3. The van der Waals surface area contributed by atoms with Gasteiger partial charge in [0.15, 0.2) is 0 Å². The molecule has 0 saturated carbocycles. The van der Waals surface area contributed by atoms with Crippen LogP contribution in [0, 0.1) is 48.5 Å². The molecule has 0 aliphatic carbocycles. The van der Waals surface area contributed by atoms with Crippen LogP contribution in [0.2, 0.25) is 0 Å². The average Bonchev–Trinajstić information content (AvgIpc) is 2.85. The SMILES string of the molecule is COc1c(C)c(O)c(C)c(C)c1C(=O)Oc1c(C)c(C)c(C(=O)OCc2ccccc2)c(C)c1C. The van der Waals surface area contributed by atoms with Crippen molar-refractivity contribution in [2.24, 2.45) is 0 Å². The molecule has 0 bridgehead atoms. The normalized spacial score (nSPS) is 10.7. The highest BCUT2D eigenvalue weighted by molar-refractivity contribution is 5.98. The van der Waals surface area contributed by atoms with Gasteiger partial charge in [0, 0.05) is 5.56 Å². The van der Waals surface area contributed by atoms with Gasteiger partial charge in [-0.25, -0.2) is 9.59 Å². The molecule has 0 aromatic heterocycles. The summed E-state index contributed by atoms with van der Waals surface area (Å²) in [6, 6.07) is 9.49. The first-order valence-corrected chi connectivity index (χ1v) is 11.4. The van der Waals surface area contributed by atoms with E-state index >= 15 is 0 Å². The highest BCUT2D eigenvalue weighted by Crippen LogP contribution is 2.39. The minimum atomic E-state index is -0.588. The van der Waals surface area contributed by atoms with Gasteiger partial charge in [-0.1, -0.05) is 30.3 Å². The molecule has 0 radical (unpaired) electrons. The van der Waals surface area contributed by atoms with E-state index in [9.17, 15) is 14.7 Å². The van der Waals surface area contributed by atoms with Gasteiger partial charge >= 0.3 is 11.9 Å². The lowest BCUT2D eigenvalue weighted by Crippen LogP contribution is -2.17. The molecule has 0 fully saturated rings. The maximum absolute atomic E-state index is 13.4. The summed E-state index contributed by atoms with van der Waals surface area (Å²) < 4.78 is 16.9. The molecule has 3 aromatic rings. The van der Waals surface area contributed by atoms with Crippen LogP contribution in [-0.2, 0) is 11.3 Å². The summed E-state index contributed by atoms with van der Waals surface area (Å²) in [6.07, 6.45) is 0. The topological polar surface area (TPSA) is 82.1 Å². The molecule has 6 nitrogen and oxygen atoms in total. The van der Waals surface area contributed by atoms with Crippen LogP contribution in [0.4, 0.5) is 0 Å². The molecular formula is C29H32O6. The number of esters is 2. The largest absolute Gasteiger partial charge is 0.507 e. The number of benzene rings is 3. The number of phenols is 1. The summed E-state index contributed by atoms with van der Waals surface area (Å²) in [7, 11) is 1.45. The maximum Gasteiger partial charge on any atom is 0.347 e. The highest BCUT2D eigenvalue weighted by atomic mass is 16.5. The lowest BCUT2D eigenvalue weighted by Gasteiger charge is -2.21. The van der Waals surface area contributed by atoms with Crippen molar-refractivity contribution >= 4 is 11.9 Å². The molecule has 0 amide bonds. The molecular weight excluding hydrogens is 444 g/mol. The van der Waals surface area contributed by atoms with E-state index in [0.717, 1.165) is 5.56 Å². The predicted molar refractivity (Wildman–Crippen MR) is 135 cm³/mol. The van der Waals surface area contributed by atoms with E-state index in [1.807, 2.05) is 58.0 Å². The van der Waals surface area contributed by atoms with Crippen LogP contribution in [0.25, 0.3) is 0 Å². The monoisotopic (exact) mass is 476 g/mol. The second-order valence-electron chi connectivity index (χ2n) is 8.79. The van der Waals surface area contributed by atoms with Gasteiger partial charge in [0.1, 0.15) is 29.4 Å². The van der Waals surface area contributed by atoms with E-state index in [1.165, 1.54) is 7.11 Å². The molecule has 0 heterocycles. The molecule has 3 rings (SSSR count). The van der Waals surface area contributed by atoms with Crippen molar-refractivity contribution in [3.63, 3.8) is 0 Å². The number of methoxy groups -OCH3 is 1. The Morgan fingerprint density at radius 1 is 0.686 bits per heavy atom. The van der Waals surface area contributed by atoms with Crippen molar-refractivity contribution in [1.29, 1.82) is 0 Å². The Bertz CT molecular complexity index is 1280. The molecule has 184 valence electrons. The van der Waals surface area contributed by atoms with Crippen LogP contribution in [0.1, 0.15) is 65.2 Å². The first-order valence-electron chi connectivity index (χ1n) is 11.4. The van der Waals surface area contributed by atoms with Crippen LogP contribution >= 0.6 is 0 Å². The van der Waals surface area contributed by atoms with Gasteiger partial charge < -0.3 is 19.3 Å². The van der Waals surface area contributed by atoms with E-state index in [4.69, 9.17) is 14.2 Å². The van der Waals surface area contributed by atoms with Gasteiger partial charge in [-0.15, -0.1) is 0 Å². The number of carbonyl (C=O) groups excluding carboxylic acids is 2. The zero-order valence-electron chi connectivity index (χ0n) is 21.6. The zero-order chi connectivity index (χ0) is 26.0. The first-order chi connectivity index (χ1) is 16.5. The smallest absolute Gasteiger partial charge is 0.347 e. The standard InChI is InChI=1S/C29H32O6/c1-15-18(4)25(30)21(7)27(33-8)24(15)29(32)35-26-19(5)16(2)23(17(3)20(26)6)28(31)34-14-22-12-10-9-11-13-22/h9-13,30H,14H2,1-8H3. The lowest BCUT2D eigenvalue weighted by molar-refractivity contribution is 0.0470. The van der Waals surface area contributed by atoms with Gasteiger partial charge in [0.25, 0.3) is 0 Å². The third-order valence-corrected chi connectivity index (χ3v) is 6.79. The lowest BCUT2D eigenvalue weighted by atomic mass is 9.92. The van der Waals surface area contributed by atoms with Crippen molar-refractivity contribution in [2.75, 3.05) is 7.11 Å². The van der Waals surface area contributed by atoms with Gasteiger partial charge in [0.2, 0.25) is 0 Å². The number of phenolic OH excluding ortho intramolecular Hbond substituents is 1. The molecule has 0 atom stereocenters. The van der Waals surface area contributed by atoms with Gasteiger partial charge in [-0.05, 0) is 87.4 Å². The van der Waals surface area contributed by atoms with Crippen LogP contribution in [0.5, 0.6) is 17.2 Å². The third-order valence-electron chi connectivity index (χ3n) is 6.79. The summed E-state index contributed by atoms with van der Waals surface area (Å²) in [5, 5.41) is 10.4. The zero-order valence-corrected chi connectivity index (χ0v) is 21.6. The van der Waals surface area contributed by atoms with Crippen LogP contribution in [0.15, 0.2) is 30.3 Å². The van der Waals surface area contributed by atoms with E-state index in [-0.39, 0.29) is 23.7 Å². The first kappa shape index (κ1) is 25.8. The summed E-state index contributed by atoms with van der Waals surface area (Å²) in [5.41, 5.74) is 6.02. The van der Waals surface area contributed by atoms with Gasteiger partial charge in [-0.3, -0.25) is 0 Å². The number of hydrogen-bond donors (Lipinski definition) is 1. The van der Waals surface area contributed by atoms with Crippen molar-refractivity contribution < 1.29 is 28.9 Å². The molecule has 6 heteroatoms. The quantitative estimate of drug-likeness (QED) is 0.340. The fraction of sp³-hybridized carbons (Fsp3) is 0.310. The van der Waals surface area contributed by atoms with E-state index < -0.39 is 11.9 Å². The molecule has 3 aromatic carbocycles. The van der Waals surface area contributed by atoms with Crippen molar-refractivity contribution in [3.8, 4) is 17.2 Å². The van der Waals surface area contributed by atoms with E-state index in [2.05, 4.69) is 0 Å². The van der Waals surface area contributed by atoms with Crippen LogP contribution in [0.3, 0.4) is 0 Å². The average molecular weight is 477 g/mol. The summed E-state index contributed by atoms with van der Waals surface area (Å²) in [4.78, 5) is 26.3. The molecule has 35 heavy (non-hydrogen) atoms. The maximum atomic E-state index is 13.4. The van der Waals surface area contributed by atoms with E-state index in [0.29, 0.717) is 50.3 Å². The molecule has 0 aliphatic rings. The fourth-order valence-corrected chi connectivity index (χ4v) is 4.29. The Hall–Kier alpha value is -3.80. The van der Waals surface area contributed by atoms with Crippen LogP contribution in [-0.4, -0.2) is 24.2 Å². The second-order valence-corrected chi connectivity index (χ2v) is 8.79. The Morgan fingerprint density at radius 3 is 1.77 bits per heavy atom. The molecule has 0 aliphatic heterocycles. The van der Waals surface area contributed by atoms with Crippen molar-refractivity contribution in [2.45, 2.75) is 55.1 Å². The van der Waals surface area contributed by atoms with Crippen molar-refractivity contribution in [3.05, 3.63) is 86.0 Å². The van der Waals surface area contributed by atoms with Gasteiger partial charge in [0.05, 0.1) is 12.7 Å². The highest BCUT2D eigenvalue weighted by Gasteiger charge is 2.27. The van der Waals surface area contributed by atoms with E-state index in [1.54, 1.807) is 20.8 Å². The Balaban J connectivity index is 1.98. The Kier molecular flexibility index (Phi) is 7.54. The van der Waals surface area contributed by atoms with Gasteiger partial charge in [-0.2, -0.15) is 0 Å². The summed E-state index contributed by atoms with van der Waals surface area (Å²) in [6.45, 7) is 12.6. The Morgan fingerprint density at radius 2 is 1.23 bits per heavy atom. The third kappa shape index (κ3) is 4.74. The second kappa shape index (κ2) is 10.2. The fourth-order valence-electron chi connectivity index (χ4n) is 4.29. The van der Waals surface area contributed by atoms with Crippen molar-refractivity contribution in [1.82, 2.24) is 0 Å². The minimum absolute atomic E-state index is 0.0910. The predicted octanol–water partition coefficient (Wildman–Crippen LogP) is 6.14. The minimum Gasteiger partial charge on any atom is -0.507 e. The Labute approximate surface area is 206 Å². The molecule has 1 N–H and O–H groups in total. The number of rotatable bonds is 6. The molecule has 0 saturated heterocycles. The summed E-state index contributed by atoms with van der Waals surface area (Å²) >= 11 is 0. The molecule has 0 spiro atoms. The molecule has 0 unspecified atom stereocenters.